The van der Waals surface area contributed by atoms with Crippen LogP contribution in [0.15, 0.2) is 4.99 Å². The zero-order chi connectivity index (χ0) is 13.4. The fraction of sp³-hybridized carbons (Fsp3) is 0.923. The summed E-state index contributed by atoms with van der Waals surface area (Å²) in [5.74, 6) is 0.858. The molecule has 1 aliphatic heterocycles. The molecule has 0 spiro atoms. The fourth-order valence-electron chi connectivity index (χ4n) is 1.99. The lowest BCUT2D eigenvalue weighted by molar-refractivity contribution is 0.0243. The van der Waals surface area contributed by atoms with Crippen molar-refractivity contribution in [3.8, 4) is 0 Å². The Morgan fingerprint density at radius 1 is 1.44 bits per heavy atom. The third-order valence-corrected chi connectivity index (χ3v) is 3.48. The van der Waals surface area contributed by atoms with Gasteiger partial charge >= 0.3 is 0 Å². The van der Waals surface area contributed by atoms with Gasteiger partial charge in [0.2, 0.25) is 0 Å². The third-order valence-electron chi connectivity index (χ3n) is 3.48. The number of ether oxygens (including phenoxy) is 1. The van der Waals surface area contributed by atoms with Gasteiger partial charge in [-0.3, -0.25) is 4.99 Å². The molecular formula is C13H28N4O. The van der Waals surface area contributed by atoms with Gasteiger partial charge in [-0.05, 0) is 33.4 Å². The van der Waals surface area contributed by atoms with E-state index < -0.39 is 0 Å². The highest BCUT2D eigenvalue weighted by Gasteiger charge is 2.29. The van der Waals surface area contributed by atoms with Crippen LogP contribution in [0, 0.1) is 0 Å². The van der Waals surface area contributed by atoms with E-state index in [1.165, 1.54) is 0 Å². The zero-order valence-corrected chi connectivity index (χ0v) is 12.3. The maximum Gasteiger partial charge on any atom is 0.191 e. The van der Waals surface area contributed by atoms with Gasteiger partial charge in [0.15, 0.2) is 5.96 Å². The second-order valence-electron chi connectivity index (χ2n) is 5.15. The second-order valence-corrected chi connectivity index (χ2v) is 5.15. The Bertz CT molecular complexity index is 262. The molecule has 1 heterocycles. The van der Waals surface area contributed by atoms with Gasteiger partial charge in [-0.25, -0.2) is 0 Å². The Balaban J connectivity index is 2.21. The van der Waals surface area contributed by atoms with Crippen molar-refractivity contribution in [3.63, 3.8) is 0 Å². The molecule has 5 nitrogen and oxygen atoms in total. The van der Waals surface area contributed by atoms with Gasteiger partial charge in [0.05, 0.1) is 5.60 Å². The second kappa shape index (κ2) is 7.59. The molecule has 0 saturated carbocycles. The molecule has 0 aromatic heterocycles. The number of nitrogens with one attached hydrogen (secondary N) is 2. The number of likely N-dealkylation sites (N-methyl/N-ethyl adjacent to an activating group) is 1. The molecule has 1 saturated heterocycles. The summed E-state index contributed by atoms with van der Waals surface area (Å²) in [5, 5.41) is 6.66. The van der Waals surface area contributed by atoms with Crippen LogP contribution >= 0.6 is 0 Å². The van der Waals surface area contributed by atoms with E-state index in [0.717, 1.165) is 51.6 Å². The summed E-state index contributed by atoms with van der Waals surface area (Å²) in [6, 6.07) is 0. The quantitative estimate of drug-likeness (QED) is 0.542. The lowest BCUT2D eigenvalue weighted by Crippen LogP contribution is -2.46. The van der Waals surface area contributed by atoms with Gasteiger partial charge in [0, 0.05) is 33.3 Å². The molecule has 0 bridgehead atoms. The minimum Gasteiger partial charge on any atom is -0.373 e. The fourth-order valence-corrected chi connectivity index (χ4v) is 1.99. The molecule has 1 unspecified atom stereocenters. The van der Waals surface area contributed by atoms with Gasteiger partial charge in [-0.1, -0.05) is 6.92 Å². The van der Waals surface area contributed by atoms with E-state index in [0.29, 0.717) is 0 Å². The Kier molecular flexibility index (Phi) is 6.43. The SMILES string of the molecule is CCN(C)CCNC(=NC)NCC1(C)CCCO1. The summed E-state index contributed by atoms with van der Waals surface area (Å²) in [7, 11) is 3.92. The number of hydrogen-bond acceptors (Lipinski definition) is 3. The van der Waals surface area contributed by atoms with Crippen LogP contribution in [0.2, 0.25) is 0 Å². The lowest BCUT2D eigenvalue weighted by Gasteiger charge is -2.25. The van der Waals surface area contributed by atoms with Crippen LogP contribution in [0.25, 0.3) is 0 Å². The van der Waals surface area contributed by atoms with E-state index in [1.807, 2.05) is 0 Å². The molecule has 2 N–H and O–H groups in total. The molecule has 18 heavy (non-hydrogen) atoms. The number of hydrogen-bond donors (Lipinski definition) is 2. The maximum absolute atomic E-state index is 5.74. The summed E-state index contributed by atoms with van der Waals surface area (Å²) in [6.45, 7) is 9.00. The smallest absolute Gasteiger partial charge is 0.191 e. The molecule has 1 fully saturated rings. The number of guanidine groups is 1. The minimum atomic E-state index is -0.0299. The van der Waals surface area contributed by atoms with Crippen molar-refractivity contribution in [2.24, 2.45) is 4.99 Å². The molecule has 0 aromatic rings. The highest BCUT2D eigenvalue weighted by molar-refractivity contribution is 5.79. The Labute approximate surface area is 111 Å². The van der Waals surface area contributed by atoms with Gasteiger partial charge < -0.3 is 20.3 Å². The van der Waals surface area contributed by atoms with E-state index in [2.05, 4.69) is 41.4 Å². The molecule has 1 rings (SSSR count). The van der Waals surface area contributed by atoms with Crippen LogP contribution in [0.5, 0.6) is 0 Å². The molecule has 1 aliphatic rings. The molecular weight excluding hydrogens is 228 g/mol. The summed E-state index contributed by atoms with van der Waals surface area (Å²) < 4.78 is 5.74. The van der Waals surface area contributed by atoms with Crippen LogP contribution in [-0.4, -0.2) is 63.3 Å². The van der Waals surface area contributed by atoms with Crippen molar-refractivity contribution in [2.45, 2.75) is 32.3 Å². The molecule has 0 radical (unpaired) electrons. The largest absolute Gasteiger partial charge is 0.373 e. The predicted molar refractivity (Wildman–Crippen MR) is 76.1 cm³/mol. The van der Waals surface area contributed by atoms with Gasteiger partial charge in [-0.2, -0.15) is 0 Å². The van der Waals surface area contributed by atoms with Crippen LogP contribution in [-0.2, 0) is 4.74 Å². The molecule has 0 aromatic carbocycles. The summed E-state index contributed by atoms with van der Waals surface area (Å²) in [4.78, 5) is 6.49. The predicted octanol–water partition coefficient (Wildman–Crippen LogP) is 0.672. The monoisotopic (exact) mass is 256 g/mol. The average Bonchev–Trinajstić information content (AvgIpc) is 2.80. The highest BCUT2D eigenvalue weighted by atomic mass is 16.5. The highest BCUT2D eigenvalue weighted by Crippen LogP contribution is 2.23. The Hall–Kier alpha value is -0.810. The molecule has 1 atom stereocenters. The van der Waals surface area contributed by atoms with Gasteiger partial charge in [-0.15, -0.1) is 0 Å². The van der Waals surface area contributed by atoms with Gasteiger partial charge in [0.1, 0.15) is 0 Å². The third kappa shape index (κ3) is 5.23. The normalized spacial score (nSPS) is 24.6. The van der Waals surface area contributed by atoms with Gasteiger partial charge in [0.25, 0.3) is 0 Å². The first-order chi connectivity index (χ1) is 8.59. The maximum atomic E-state index is 5.74. The standard InChI is InChI=1S/C13H28N4O/c1-5-17(4)9-8-15-12(14-3)16-11-13(2)7-6-10-18-13/h5-11H2,1-4H3,(H2,14,15,16). The number of aliphatic imine (C=N–C) groups is 1. The van der Waals surface area contributed by atoms with E-state index >= 15 is 0 Å². The van der Waals surface area contributed by atoms with E-state index in [9.17, 15) is 0 Å². The first-order valence-corrected chi connectivity index (χ1v) is 6.86. The van der Waals surface area contributed by atoms with Crippen LogP contribution < -0.4 is 10.6 Å². The zero-order valence-electron chi connectivity index (χ0n) is 12.3. The molecule has 106 valence electrons. The van der Waals surface area contributed by atoms with E-state index in [4.69, 9.17) is 4.74 Å². The Morgan fingerprint density at radius 2 is 2.22 bits per heavy atom. The first kappa shape index (κ1) is 15.2. The van der Waals surface area contributed by atoms with Crippen LogP contribution in [0.4, 0.5) is 0 Å². The van der Waals surface area contributed by atoms with Crippen molar-refractivity contribution in [2.75, 3.05) is 46.9 Å². The van der Waals surface area contributed by atoms with Crippen LogP contribution in [0.3, 0.4) is 0 Å². The van der Waals surface area contributed by atoms with Crippen molar-refractivity contribution < 1.29 is 4.74 Å². The summed E-state index contributed by atoms with van der Waals surface area (Å²) in [6.07, 6.45) is 2.28. The molecule has 0 amide bonds. The number of nitrogens with zero attached hydrogens (tertiary/aromatic N) is 2. The summed E-state index contributed by atoms with van der Waals surface area (Å²) >= 11 is 0. The van der Waals surface area contributed by atoms with Crippen molar-refractivity contribution in [3.05, 3.63) is 0 Å². The first-order valence-electron chi connectivity index (χ1n) is 6.86. The molecule has 5 heteroatoms. The van der Waals surface area contributed by atoms with E-state index in [-0.39, 0.29) is 5.60 Å². The van der Waals surface area contributed by atoms with Crippen molar-refractivity contribution >= 4 is 5.96 Å². The summed E-state index contributed by atoms with van der Waals surface area (Å²) in [5.41, 5.74) is -0.0299. The van der Waals surface area contributed by atoms with Crippen molar-refractivity contribution in [1.82, 2.24) is 15.5 Å². The topological polar surface area (TPSA) is 48.9 Å². The average molecular weight is 256 g/mol. The van der Waals surface area contributed by atoms with E-state index in [1.54, 1.807) is 7.05 Å². The van der Waals surface area contributed by atoms with Crippen LogP contribution in [0.1, 0.15) is 26.7 Å². The number of rotatable bonds is 6. The molecule has 0 aliphatic carbocycles. The lowest BCUT2D eigenvalue weighted by atomic mass is 10.0. The Morgan fingerprint density at radius 3 is 2.78 bits per heavy atom. The minimum absolute atomic E-state index is 0.0299. The van der Waals surface area contributed by atoms with Crippen molar-refractivity contribution in [1.29, 1.82) is 0 Å².